The van der Waals surface area contributed by atoms with Crippen LogP contribution in [0.2, 0.25) is 0 Å². The number of esters is 1. The summed E-state index contributed by atoms with van der Waals surface area (Å²) in [7, 11) is 2.96. The molecule has 0 unspecified atom stereocenters. The lowest BCUT2D eigenvalue weighted by molar-refractivity contribution is -0.139. The maximum atomic E-state index is 11.1. The molecule has 1 rings (SSSR count). The molecule has 5 heteroatoms. The fourth-order valence-corrected chi connectivity index (χ4v) is 2.75. The Kier molecular flexibility index (Phi) is 4.60. The van der Waals surface area contributed by atoms with E-state index in [1.165, 1.54) is 7.11 Å². The van der Waals surface area contributed by atoms with Crippen LogP contribution >= 0.6 is 31.9 Å². The molecule has 0 fully saturated rings. The first kappa shape index (κ1) is 12.5. The Hall–Kier alpha value is -0.550. The van der Waals surface area contributed by atoms with Crippen LogP contribution in [-0.4, -0.2) is 20.2 Å². The molecule has 0 aliphatic rings. The lowest BCUT2D eigenvalue weighted by Crippen LogP contribution is -2.04. The lowest BCUT2D eigenvalue weighted by atomic mass is 10.1. The molecule has 1 aromatic rings. The molecule has 0 aliphatic heterocycles. The van der Waals surface area contributed by atoms with E-state index in [4.69, 9.17) is 4.74 Å². The zero-order valence-corrected chi connectivity index (χ0v) is 11.5. The van der Waals surface area contributed by atoms with Gasteiger partial charge in [-0.05, 0) is 49.6 Å². The van der Waals surface area contributed by atoms with Crippen LogP contribution in [0.5, 0.6) is 5.75 Å². The van der Waals surface area contributed by atoms with Crippen molar-refractivity contribution < 1.29 is 14.3 Å². The molecule has 0 saturated carbocycles. The number of halogens is 2. The summed E-state index contributed by atoms with van der Waals surface area (Å²) in [5.41, 5.74) is 0.862. The number of hydrogen-bond donors (Lipinski definition) is 0. The van der Waals surface area contributed by atoms with Crippen molar-refractivity contribution in [1.82, 2.24) is 0 Å². The Balaban J connectivity index is 2.98. The van der Waals surface area contributed by atoms with Crippen LogP contribution in [0, 0.1) is 0 Å². The molecule has 0 aliphatic carbocycles. The topological polar surface area (TPSA) is 35.5 Å². The van der Waals surface area contributed by atoms with Gasteiger partial charge >= 0.3 is 5.97 Å². The van der Waals surface area contributed by atoms with Gasteiger partial charge in [0.15, 0.2) is 0 Å². The van der Waals surface area contributed by atoms with Crippen molar-refractivity contribution >= 4 is 37.8 Å². The van der Waals surface area contributed by atoms with Gasteiger partial charge in [-0.1, -0.05) is 0 Å². The minimum atomic E-state index is -0.265. The van der Waals surface area contributed by atoms with E-state index in [1.807, 2.05) is 12.1 Å². The molecule has 0 atom stereocenters. The van der Waals surface area contributed by atoms with Crippen LogP contribution in [0.15, 0.2) is 21.1 Å². The van der Waals surface area contributed by atoms with E-state index in [2.05, 4.69) is 36.6 Å². The van der Waals surface area contributed by atoms with Gasteiger partial charge in [-0.3, -0.25) is 4.79 Å². The van der Waals surface area contributed by atoms with Crippen molar-refractivity contribution in [2.24, 2.45) is 0 Å². The number of ether oxygens (including phenoxy) is 2. The second kappa shape index (κ2) is 5.51. The monoisotopic (exact) mass is 336 g/mol. The Morgan fingerprint density at radius 2 is 1.80 bits per heavy atom. The number of hydrogen-bond acceptors (Lipinski definition) is 3. The van der Waals surface area contributed by atoms with E-state index in [9.17, 15) is 4.79 Å². The van der Waals surface area contributed by atoms with Crippen LogP contribution in [0.1, 0.15) is 5.56 Å². The molecule has 15 heavy (non-hydrogen) atoms. The van der Waals surface area contributed by atoms with Gasteiger partial charge in [-0.2, -0.15) is 0 Å². The number of carbonyl (C=O) groups excluding carboxylic acids is 1. The fraction of sp³-hybridized carbons (Fsp3) is 0.300. The highest BCUT2D eigenvalue weighted by atomic mass is 79.9. The van der Waals surface area contributed by atoms with Gasteiger partial charge in [0.2, 0.25) is 0 Å². The quantitative estimate of drug-likeness (QED) is 0.795. The van der Waals surface area contributed by atoms with Gasteiger partial charge in [-0.15, -0.1) is 0 Å². The van der Waals surface area contributed by atoms with Crippen molar-refractivity contribution in [2.75, 3.05) is 14.2 Å². The predicted octanol–water partition coefficient (Wildman–Crippen LogP) is 2.94. The maximum absolute atomic E-state index is 11.1. The zero-order chi connectivity index (χ0) is 11.4. The summed E-state index contributed by atoms with van der Waals surface area (Å²) in [6.45, 7) is 0. The predicted molar refractivity (Wildman–Crippen MR) is 64.1 cm³/mol. The molecule has 1 aromatic carbocycles. The van der Waals surface area contributed by atoms with Crippen LogP contribution in [0.3, 0.4) is 0 Å². The number of rotatable bonds is 3. The second-order valence-electron chi connectivity index (χ2n) is 2.85. The van der Waals surface area contributed by atoms with Crippen LogP contribution in [0.4, 0.5) is 0 Å². The molecule has 0 aromatic heterocycles. The first-order valence-corrected chi connectivity index (χ1v) is 5.75. The Labute approximate surface area is 105 Å². The summed E-state index contributed by atoms with van der Waals surface area (Å²) in [6.07, 6.45) is 0.248. The van der Waals surface area contributed by atoms with E-state index in [0.29, 0.717) is 5.75 Å². The number of benzene rings is 1. The van der Waals surface area contributed by atoms with Gasteiger partial charge in [-0.25, -0.2) is 0 Å². The average Bonchev–Trinajstić information content (AvgIpc) is 2.17. The van der Waals surface area contributed by atoms with Gasteiger partial charge in [0, 0.05) is 0 Å². The van der Waals surface area contributed by atoms with Crippen molar-refractivity contribution in [3.05, 3.63) is 26.6 Å². The molecular weight excluding hydrogens is 328 g/mol. The molecule has 0 saturated heterocycles. The molecule has 0 N–H and O–H groups in total. The average molecular weight is 338 g/mol. The normalized spacial score (nSPS) is 9.87. The fourth-order valence-electron chi connectivity index (χ4n) is 1.15. The summed E-state index contributed by atoms with van der Waals surface area (Å²) in [4.78, 5) is 11.1. The summed E-state index contributed by atoms with van der Waals surface area (Å²) in [5.74, 6) is 0.447. The van der Waals surface area contributed by atoms with Crippen molar-refractivity contribution in [3.63, 3.8) is 0 Å². The highest BCUT2D eigenvalue weighted by Gasteiger charge is 2.10. The molecule has 82 valence electrons. The van der Waals surface area contributed by atoms with Gasteiger partial charge in [0.05, 0.1) is 29.6 Å². The molecular formula is C10H10Br2O3. The summed E-state index contributed by atoms with van der Waals surface area (Å²) in [6, 6.07) is 3.67. The third-order valence-corrected chi connectivity index (χ3v) is 3.02. The zero-order valence-electron chi connectivity index (χ0n) is 8.34. The smallest absolute Gasteiger partial charge is 0.309 e. The first-order chi connectivity index (χ1) is 7.08. The number of carbonyl (C=O) groups is 1. The van der Waals surface area contributed by atoms with E-state index in [0.717, 1.165) is 14.5 Å². The van der Waals surface area contributed by atoms with Crippen molar-refractivity contribution in [3.8, 4) is 5.75 Å². The van der Waals surface area contributed by atoms with Crippen LogP contribution < -0.4 is 4.74 Å². The van der Waals surface area contributed by atoms with Gasteiger partial charge in [0.1, 0.15) is 5.75 Å². The molecule has 0 heterocycles. The molecule has 0 amide bonds. The van der Waals surface area contributed by atoms with E-state index in [1.54, 1.807) is 7.11 Å². The minimum Gasteiger partial charge on any atom is -0.494 e. The summed E-state index contributed by atoms with van der Waals surface area (Å²) in [5, 5.41) is 0. The SMILES string of the molecule is COC(=O)Cc1cc(Br)c(OC)c(Br)c1. The molecule has 0 radical (unpaired) electrons. The Morgan fingerprint density at radius 1 is 1.27 bits per heavy atom. The summed E-state index contributed by atoms with van der Waals surface area (Å²) < 4.78 is 11.3. The minimum absolute atomic E-state index is 0.248. The lowest BCUT2D eigenvalue weighted by Gasteiger charge is -2.08. The van der Waals surface area contributed by atoms with Crippen LogP contribution in [0.25, 0.3) is 0 Å². The van der Waals surface area contributed by atoms with Crippen molar-refractivity contribution in [1.29, 1.82) is 0 Å². The van der Waals surface area contributed by atoms with Crippen LogP contribution in [-0.2, 0) is 16.0 Å². The Bertz CT molecular complexity index is 354. The molecule has 0 spiro atoms. The third kappa shape index (κ3) is 3.21. The highest BCUT2D eigenvalue weighted by molar-refractivity contribution is 9.11. The third-order valence-electron chi connectivity index (χ3n) is 1.84. The van der Waals surface area contributed by atoms with E-state index in [-0.39, 0.29) is 12.4 Å². The highest BCUT2D eigenvalue weighted by Crippen LogP contribution is 2.34. The largest absolute Gasteiger partial charge is 0.494 e. The maximum Gasteiger partial charge on any atom is 0.309 e. The number of methoxy groups -OCH3 is 2. The van der Waals surface area contributed by atoms with E-state index >= 15 is 0 Å². The van der Waals surface area contributed by atoms with Gasteiger partial charge < -0.3 is 9.47 Å². The molecule has 3 nitrogen and oxygen atoms in total. The van der Waals surface area contributed by atoms with E-state index < -0.39 is 0 Å². The summed E-state index contributed by atoms with van der Waals surface area (Å²) >= 11 is 6.73. The van der Waals surface area contributed by atoms with Gasteiger partial charge in [0.25, 0.3) is 0 Å². The second-order valence-corrected chi connectivity index (χ2v) is 4.55. The first-order valence-electron chi connectivity index (χ1n) is 4.17. The molecule has 0 bridgehead atoms. The Morgan fingerprint density at radius 3 is 2.20 bits per heavy atom. The van der Waals surface area contributed by atoms with Crippen molar-refractivity contribution in [2.45, 2.75) is 6.42 Å². The standard InChI is InChI=1S/C10H10Br2O3/c1-14-9(13)5-6-3-7(11)10(15-2)8(12)4-6/h3-4H,5H2,1-2H3.